The Kier molecular flexibility index (Phi) is 5.76. The summed E-state index contributed by atoms with van der Waals surface area (Å²) >= 11 is 0. The molecule has 1 fully saturated rings. The molecule has 1 aliphatic carbocycles. The second-order valence-electron chi connectivity index (χ2n) is 10.3. The number of hydrogen-bond acceptors (Lipinski definition) is 7. The SMILES string of the molecule is Cc1noc(C)c1-c1cnc2c(c1)c(-c1ccc(-c3nn[nH]n3)cc1)cn2C(c1ccccn1)C1CCCC1. The van der Waals surface area contributed by atoms with Crippen LogP contribution in [-0.4, -0.2) is 40.3 Å². The average molecular weight is 517 g/mol. The quantitative estimate of drug-likeness (QED) is 0.275. The number of fused-ring (bicyclic) bond motifs is 1. The molecule has 0 saturated heterocycles. The van der Waals surface area contributed by atoms with E-state index in [0.29, 0.717) is 11.7 Å². The van der Waals surface area contributed by atoms with Crippen LogP contribution in [0.3, 0.4) is 0 Å². The first-order chi connectivity index (χ1) is 19.2. The van der Waals surface area contributed by atoms with E-state index in [4.69, 9.17) is 14.5 Å². The molecule has 194 valence electrons. The van der Waals surface area contributed by atoms with Crippen molar-refractivity contribution in [2.24, 2.45) is 5.92 Å². The molecule has 5 aromatic heterocycles. The minimum Gasteiger partial charge on any atom is -0.361 e. The molecular weight excluding hydrogens is 488 g/mol. The Bertz CT molecular complexity index is 1710. The van der Waals surface area contributed by atoms with E-state index >= 15 is 0 Å². The summed E-state index contributed by atoms with van der Waals surface area (Å²) in [6.07, 6.45) is 11.0. The predicted octanol–water partition coefficient (Wildman–Crippen LogP) is 6.33. The Balaban J connectivity index is 1.43. The maximum Gasteiger partial charge on any atom is 0.204 e. The van der Waals surface area contributed by atoms with Crippen LogP contribution in [0.1, 0.15) is 48.9 Å². The monoisotopic (exact) mass is 516 g/mol. The smallest absolute Gasteiger partial charge is 0.204 e. The number of aromatic nitrogens is 8. The molecule has 6 aromatic rings. The van der Waals surface area contributed by atoms with E-state index in [2.05, 4.69) is 66.9 Å². The van der Waals surface area contributed by atoms with Crippen LogP contribution in [-0.2, 0) is 0 Å². The third-order valence-corrected chi connectivity index (χ3v) is 7.93. The first kappa shape index (κ1) is 23.5. The fourth-order valence-electron chi connectivity index (χ4n) is 6.12. The van der Waals surface area contributed by atoms with Crippen LogP contribution in [0.2, 0.25) is 0 Å². The standard InChI is InChI=1S/C30H28N8O/c1-18-27(19(2)39-35-18)23-15-24-25(20-10-12-22(13-11-20)29-33-36-37-34-29)17-38(30(24)32-16-23)28(21-7-3-4-8-21)26-9-5-6-14-31-26/h5-6,9-17,21,28H,3-4,7-8H2,1-2H3,(H,33,34,36,37). The molecule has 1 aliphatic rings. The van der Waals surface area contributed by atoms with E-state index in [9.17, 15) is 0 Å². The van der Waals surface area contributed by atoms with Crippen LogP contribution in [0, 0.1) is 19.8 Å². The molecule has 1 aromatic carbocycles. The lowest BCUT2D eigenvalue weighted by molar-refractivity contribution is 0.385. The van der Waals surface area contributed by atoms with Crippen LogP contribution in [0.5, 0.6) is 0 Å². The Morgan fingerprint density at radius 1 is 0.974 bits per heavy atom. The molecule has 1 atom stereocenters. The van der Waals surface area contributed by atoms with E-state index in [0.717, 1.165) is 56.0 Å². The van der Waals surface area contributed by atoms with Gasteiger partial charge < -0.3 is 9.09 Å². The second-order valence-corrected chi connectivity index (χ2v) is 10.3. The number of rotatable bonds is 6. The zero-order chi connectivity index (χ0) is 26.3. The van der Waals surface area contributed by atoms with E-state index in [-0.39, 0.29) is 6.04 Å². The highest BCUT2D eigenvalue weighted by molar-refractivity contribution is 5.97. The fourth-order valence-corrected chi connectivity index (χ4v) is 6.12. The van der Waals surface area contributed by atoms with Crippen molar-refractivity contribution in [3.63, 3.8) is 0 Å². The molecule has 1 saturated carbocycles. The van der Waals surface area contributed by atoms with Crippen LogP contribution in [0.25, 0.3) is 44.7 Å². The number of pyridine rings is 2. The molecule has 9 nitrogen and oxygen atoms in total. The summed E-state index contributed by atoms with van der Waals surface area (Å²) in [5.74, 6) is 1.87. The number of tetrazole rings is 1. The van der Waals surface area contributed by atoms with Gasteiger partial charge in [-0.05, 0) is 61.6 Å². The van der Waals surface area contributed by atoms with Crippen LogP contribution in [0.4, 0.5) is 0 Å². The molecule has 0 spiro atoms. The van der Waals surface area contributed by atoms with Gasteiger partial charge in [-0.2, -0.15) is 5.21 Å². The lowest BCUT2D eigenvalue weighted by Gasteiger charge is -2.25. The summed E-state index contributed by atoms with van der Waals surface area (Å²) in [5, 5.41) is 19.7. The van der Waals surface area contributed by atoms with Crippen LogP contribution in [0.15, 0.2) is 71.6 Å². The summed E-state index contributed by atoms with van der Waals surface area (Å²) in [5.41, 5.74) is 7.99. The van der Waals surface area contributed by atoms with Gasteiger partial charge in [0.25, 0.3) is 0 Å². The molecule has 0 aliphatic heterocycles. The molecule has 39 heavy (non-hydrogen) atoms. The van der Waals surface area contributed by atoms with Crippen molar-refractivity contribution >= 4 is 11.0 Å². The molecule has 1 unspecified atom stereocenters. The number of nitrogens with zero attached hydrogens (tertiary/aromatic N) is 7. The van der Waals surface area contributed by atoms with Gasteiger partial charge in [0.05, 0.1) is 17.4 Å². The predicted molar refractivity (Wildman–Crippen MR) is 148 cm³/mol. The highest BCUT2D eigenvalue weighted by Crippen LogP contribution is 2.42. The maximum absolute atomic E-state index is 5.48. The molecule has 0 amide bonds. The van der Waals surface area contributed by atoms with Crippen LogP contribution >= 0.6 is 0 Å². The van der Waals surface area contributed by atoms with E-state index in [1.807, 2.05) is 44.4 Å². The molecule has 0 radical (unpaired) electrons. The van der Waals surface area contributed by atoms with E-state index in [1.165, 1.54) is 25.7 Å². The number of H-pyrrole nitrogens is 1. The minimum atomic E-state index is 0.112. The summed E-state index contributed by atoms with van der Waals surface area (Å²) in [6, 6.07) is 16.8. The van der Waals surface area contributed by atoms with Crippen LogP contribution < -0.4 is 0 Å². The number of hydrogen-bond donors (Lipinski definition) is 1. The zero-order valence-electron chi connectivity index (χ0n) is 21.9. The van der Waals surface area contributed by atoms with E-state index in [1.54, 1.807) is 0 Å². The normalized spacial score (nSPS) is 14.8. The Morgan fingerprint density at radius 2 is 1.79 bits per heavy atom. The van der Waals surface area contributed by atoms with Crippen molar-refractivity contribution in [3.8, 4) is 33.6 Å². The second kappa shape index (κ2) is 9.58. The van der Waals surface area contributed by atoms with Crippen molar-refractivity contribution in [2.75, 3.05) is 0 Å². The minimum absolute atomic E-state index is 0.112. The van der Waals surface area contributed by atoms with Gasteiger partial charge in [0.2, 0.25) is 5.82 Å². The topological polar surface area (TPSA) is 111 Å². The molecular formula is C30H28N8O. The molecule has 5 heterocycles. The lowest BCUT2D eigenvalue weighted by atomic mass is 9.94. The number of nitrogens with one attached hydrogen (secondary N) is 1. The molecule has 9 heteroatoms. The lowest BCUT2D eigenvalue weighted by Crippen LogP contribution is -2.19. The highest BCUT2D eigenvalue weighted by Gasteiger charge is 2.31. The number of aromatic amines is 1. The van der Waals surface area contributed by atoms with E-state index < -0.39 is 0 Å². The van der Waals surface area contributed by atoms with Gasteiger partial charge in [-0.3, -0.25) is 4.98 Å². The molecule has 0 bridgehead atoms. The van der Waals surface area contributed by atoms with Gasteiger partial charge in [0.15, 0.2) is 0 Å². The van der Waals surface area contributed by atoms with Gasteiger partial charge in [0, 0.05) is 46.2 Å². The number of benzene rings is 1. The highest BCUT2D eigenvalue weighted by atomic mass is 16.5. The third kappa shape index (κ3) is 4.10. The Morgan fingerprint density at radius 3 is 2.49 bits per heavy atom. The number of aryl methyl sites for hydroxylation is 2. The van der Waals surface area contributed by atoms with Crippen molar-refractivity contribution in [2.45, 2.75) is 45.6 Å². The Hall–Kier alpha value is -4.66. The maximum atomic E-state index is 5.48. The van der Waals surface area contributed by atoms with Crippen molar-refractivity contribution in [3.05, 3.63) is 84.3 Å². The first-order valence-electron chi connectivity index (χ1n) is 13.4. The van der Waals surface area contributed by atoms with Gasteiger partial charge in [0.1, 0.15) is 11.4 Å². The zero-order valence-corrected chi connectivity index (χ0v) is 21.9. The summed E-state index contributed by atoms with van der Waals surface area (Å²) in [4.78, 5) is 9.89. The molecule has 7 rings (SSSR count). The molecule has 1 N–H and O–H groups in total. The Labute approximate surface area is 225 Å². The largest absolute Gasteiger partial charge is 0.361 e. The van der Waals surface area contributed by atoms with Crippen molar-refractivity contribution in [1.82, 2.24) is 40.3 Å². The fraction of sp³-hybridized carbons (Fsp3) is 0.267. The third-order valence-electron chi connectivity index (χ3n) is 7.93. The van der Waals surface area contributed by atoms with Gasteiger partial charge in [-0.15, -0.1) is 10.2 Å². The van der Waals surface area contributed by atoms with Crippen molar-refractivity contribution in [1.29, 1.82) is 0 Å². The van der Waals surface area contributed by atoms with Gasteiger partial charge >= 0.3 is 0 Å². The van der Waals surface area contributed by atoms with Gasteiger partial charge in [-0.1, -0.05) is 48.3 Å². The summed E-state index contributed by atoms with van der Waals surface area (Å²) < 4.78 is 7.84. The average Bonchev–Trinajstić information content (AvgIpc) is 3.79. The first-order valence-corrected chi connectivity index (χ1v) is 13.4. The summed E-state index contributed by atoms with van der Waals surface area (Å²) in [6.45, 7) is 3.91. The summed E-state index contributed by atoms with van der Waals surface area (Å²) in [7, 11) is 0. The van der Waals surface area contributed by atoms with Crippen molar-refractivity contribution < 1.29 is 4.52 Å². The van der Waals surface area contributed by atoms with Gasteiger partial charge in [-0.25, -0.2) is 4.98 Å².